The van der Waals surface area contributed by atoms with E-state index in [1.165, 1.54) is 12.1 Å². The van der Waals surface area contributed by atoms with Gasteiger partial charge < -0.3 is 9.30 Å². The third-order valence-electron chi connectivity index (χ3n) is 3.32. The van der Waals surface area contributed by atoms with Crippen molar-refractivity contribution in [3.05, 3.63) is 66.1 Å². The summed E-state index contributed by atoms with van der Waals surface area (Å²) in [5, 5.41) is 1.15. The lowest BCUT2D eigenvalue weighted by Gasteiger charge is -2.07. The minimum atomic E-state index is -0.201. The minimum Gasteiger partial charge on any atom is -0.494 e. The Balaban J connectivity index is 1.90. The van der Waals surface area contributed by atoms with Gasteiger partial charge in [0.1, 0.15) is 11.6 Å². The SMILES string of the molecule is CCOc1ccc2c(ccn2Cc2ccc(F)cc2)c1. The molecule has 0 aliphatic carbocycles. The van der Waals surface area contributed by atoms with Crippen LogP contribution in [0.4, 0.5) is 4.39 Å². The molecule has 0 fully saturated rings. The summed E-state index contributed by atoms with van der Waals surface area (Å²) in [4.78, 5) is 0. The van der Waals surface area contributed by atoms with E-state index >= 15 is 0 Å². The van der Waals surface area contributed by atoms with E-state index in [-0.39, 0.29) is 5.82 Å². The highest BCUT2D eigenvalue weighted by atomic mass is 19.1. The molecular weight excluding hydrogens is 253 g/mol. The molecule has 0 radical (unpaired) electrons. The van der Waals surface area contributed by atoms with Crippen molar-refractivity contribution in [3.8, 4) is 5.75 Å². The number of benzene rings is 2. The molecule has 0 saturated carbocycles. The summed E-state index contributed by atoms with van der Waals surface area (Å²) in [5.41, 5.74) is 2.23. The number of hydrogen-bond donors (Lipinski definition) is 0. The third kappa shape index (κ3) is 2.52. The Labute approximate surface area is 117 Å². The van der Waals surface area contributed by atoms with Gasteiger partial charge >= 0.3 is 0 Å². The smallest absolute Gasteiger partial charge is 0.123 e. The first-order valence-electron chi connectivity index (χ1n) is 6.72. The Bertz CT molecular complexity index is 715. The van der Waals surface area contributed by atoms with E-state index in [4.69, 9.17) is 4.74 Å². The molecule has 0 atom stereocenters. The average Bonchev–Trinajstić information content (AvgIpc) is 2.84. The van der Waals surface area contributed by atoms with Crippen LogP contribution in [0.1, 0.15) is 12.5 Å². The Morgan fingerprint density at radius 2 is 1.85 bits per heavy atom. The quantitative estimate of drug-likeness (QED) is 0.691. The molecule has 3 heteroatoms. The molecule has 1 aromatic heterocycles. The molecule has 3 rings (SSSR count). The molecule has 0 bridgehead atoms. The average molecular weight is 269 g/mol. The van der Waals surface area contributed by atoms with Crippen LogP contribution in [0.25, 0.3) is 10.9 Å². The van der Waals surface area contributed by atoms with E-state index < -0.39 is 0 Å². The fourth-order valence-corrected chi connectivity index (χ4v) is 2.36. The Morgan fingerprint density at radius 1 is 1.05 bits per heavy atom. The van der Waals surface area contributed by atoms with E-state index in [2.05, 4.69) is 16.7 Å². The zero-order chi connectivity index (χ0) is 13.9. The monoisotopic (exact) mass is 269 g/mol. The molecule has 0 spiro atoms. The van der Waals surface area contributed by atoms with Gasteiger partial charge in [0.15, 0.2) is 0 Å². The Hall–Kier alpha value is -2.29. The van der Waals surface area contributed by atoms with Crippen molar-refractivity contribution in [1.29, 1.82) is 0 Å². The number of hydrogen-bond acceptors (Lipinski definition) is 1. The predicted molar refractivity (Wildman–Crippen MR) is 78.6 cm³/mol. The lowest BCUT2D eigenvalue weighted by Crippen LogP contribution is -1.98. The molecule has 3 aromatic rings. The van der Waals surface area contributed by atoms with Gasteiger partial charge in [-0.15, -0.1) is 0 Å². The number of nitrogens with zero attached hydrogens (tertiary/aromatic N) is 1. The molecule has 0 saturated heterocycles. The maximum atomic E-state index is 12.9. The zero-order valence-corrected chi connectivity index (χ0v) is 11.3. The summed E-state index contributed by atoms with van der Waals surface area (Å²) in [6.45, 7) is 3.38. The van der Waals surface area contributed by atoms with Crippen molar-refractivity contribution >= 4 is 10.9 Å². The van der Waals surface area contributed by atoms with Gasteiger partial charge in [-0.2, -0.15) is 0 Å². The van der Waals surface area contributed by atoms with Crippen molar-refractivity contribution < 1.29 is 9.13 Å². The van der Waals surface area contributed by atoms with E-state index in [1.54, 1.807) is 0 Å². The van der Waals surface area contributed by atoms with Crippen molar-refractivity contribution in [2.75, 3.05) is 6.61 Å². The maximum absolute atomic E-state index is 12.9. The highest BCUT2D eigenvalue weighted by Gasteiger charge is 2.03. The molecule has 0 amide bonds. The number of fused-ring (bicyclic) bond motifs is 1. The van der Waals surface area contributed by atoms with Gasteiger partial charge in [-0.05, 0) is 48.9 Å². The molecule has 0 unspecified atom stereocenters. The number of rotatable bonds is 4. The highest BCUT2D eigenvalue weighted by Crippen LogP contribution is 2.23. The first-order valence-corrected chi connectivity index (χ1v) is 6.72. The first-order chi connectivity index (χ1) is 9.76. The zero-order valence-electron chi connectivity index (χ0n) is 11.3. The predicted octanol–water partition coefficient (Wildman–Crippen LogP) is 4.23. The Kier molecular flexibility index (Phi) is 3.42. The van der Waals surface area contributed by atoms with Gasteiger partial charge in [0, 0.05) is 23.6 Å². The van der Waals surface area contributed by atoms with Crippen LogP contribution in [0.15, 0.2) is 54.7 Å². The van der Waals surface area contributed by atoms with Crippen molar-refractivity contribution in [1.82, 2.24) is 4.57 Å². The van der Waals surface area contributed by atoms with Crippen LogP contribution >= 0.6 is 0 Å². The van der Waals surface area contributed by atoms with Gasteiger partial charge in [-0.1, -0.05) is 12.1 Å². The maximum Gasteiger partial charge on any atom is 0.123 e. The number of aromatic nitrogens is 1. The first kappa shape index (κ1) is 12.7. The second kappa shape index (κ2) is 5.37. The topological polar surface area (TPSA) is 14.2 Å². The van der Waals surface area contributed by atoms with Gasteiger partial charge in [-0.25, -0.2) is 4.39 Å². The lowest BCUT2D eigenvalue weighted by atomic mass is 10.2. The van der Waals surface area contributed by atoms with Crippen LogP contribution in [-0.4, -0.2) is 11.2 Å². The van der Waals surface area contributed by atoms with Crippen molar-refractivity contribution in [2.45, 2.75) is 13.5 Å². The van der Waals surface area contributed by atoms with Crippen LogP contribution in [0.3, 0.4) is 0 Å². The van der Waals surface area contributed by atoms with Crippen LogP contribution in [0, 0.1) is 5.82 Å². The molecule has 0 N–H and O–H groups in total. The summed E-state index contributed by atoms with van der Waals surface area (Å²) in [5.74, 6) is 0.687. The second-order valence-electron chi connectivity index (χ2n) is 4.72. The number of halogens is 1. The minimum absolute atomic E-state index is 0.201. The van der Waals surface area contributed by atoms with Crippen molar-refractivity contribution in [2.24, 2.45) is 0 Å². The van der Waals surface area contributed by atoms with Crippen LogP contribution in [0.2, 0.25) is 0 Å². The standard InChI is InChI=1S/C17H16FNO/c1-2-20-16-7-8-17-14(11-16)9-10-19(17)12-13-3-5-15(18)6-4-13/h3-11H,2,12H2,1H3. The van der Waals surface area contributed by atoms with Gasteiger partial charge in [0.2, 0.25) is 0 Å². The molecule has 20 heavy (non-hydrogen) atoms. The van der Waals surface area contributed by atoms with E-state index in [0.29, 0.717) is 6.61 Å². The lowest BCUT2D eigenvalue weighted by molar-refractivity contribution is 0.340. The van der Waals surface area contributed by atoms with Crippen molar-refractivity contribution in [3.63, 3.8) is 0 Å². The van der Waals surface area contributed by atoms with E-state index in [1.807, 2.05) is 37.4 Å². The fourth-order valence-electron chi connectivity index (χ4n) is 2.36. The summed E-state index contributed by atoms with van der Waals surface area (Å²) in [6, 6.07) is 14.8. The normalized spacial score (nSPS) is 10.9. The highest BCUT2D eigenvalue weighted by molar-refractivity contribution is 5.81. The van der Waals surface area contributed by atoms with Crippen LogP contribution in [0.5, 0.6) is 5.75 Å². The summed E-state index contributed by atoms with van der Waals surface area (Å²) >= 11 is 0. The number of ether oxygens (including phenoxy) is 1. The van der Waals surface area contributed by atoms with Gasteiger partial charge in [0.05, 0.1) is 6.61 Å². The third-order valence-corrected chi connectivity index (χ3v) is 3.32. The molecule has 0 aliphatic rings. The molecule has 1 heterocycles. The second-order valence-corrected chi connectivity index (χ2v) is 4.72. The Morgan fingerprint density at radius 3 is 2.60 bits per heavy atom. The molecule has 2 aromatic carbocycles. The van der Waals surface area contributed by atoms with E-state index in [9.17, 15) is 4.39 Å². The van der Waals surface area contributed by atoms with Crippen LogP contribution < -0.4 is 4.74 Å². The molecule has 2 nitrogen and oxygen atoms in total. The largest absolute Gasteiger partial charge is 0.494 e. The van der Waals surface area contributed by atoms with Crippen LogP contribution in [-0.2, 0) is 6.54 Å². The van der Waals surface area contributed by atoms with Gasteiger partial charge in [0.25, 0.3) is 0 Å². The fraction of sp³-hybridized carbons (Fsp3) is 0.176. The summed E-state index contributed by atoms with van der Waals surface area (Å²) in [6.07, 6.45) is 2.05. The summed E-state index contributed by atoms with van der Waals surface area (Å²) < 4.78 is 20.6. The van der Waals surface area contributed by atoms with Gasteiger partial charge in [-0.3, -0.25) is 0 Å². The summed E-state index contributed by atoms with van der Waals surface area (Å²) in [7, 11) is 0. The van der Waals surface area contributed by atoms with E-state index in [0.717, 1.165) is 28.8 Å². The molecular formula is C17H16FNO. The molecule has 0 aliphatic heterocycles. The molecule has 102 valence electrons.